The van der Waals surface area contributed by atoms with E-state index in [1.807, 2.05) is 0 Å². The van der Waals surface area contributed by atoms with Gasteiger partial charge in [-0.05, 0) is 54.8 Å². The van der Waals surface area contributed by atoms with Crippen LogP contribution in [0.4, 0.5) is 0 Å². The van der Waals surface area contributed by atoms with E-state index in [2.05, 4.69) is 6.07 Å². The first-order valence-electron chi connectivity index (χ1n) is 8.25. The van der Waals surface area contributed by atoms with E-state index in [1.165, 1.54) is 0 Å². The summed E-state index contributed by atoms with van der Waals surface area (Å²) >= 11 is 0. The van der Waals surface area contributed by atoms with E-state index in [0.29, 0.717) is 23.5 Å². The molecule has 25 heavy (non-hydrogen) atoms. The predicted molar refractivity (Wildman–Crippen MR) is 91.2 cm³/mol. The van der Waals surface area contributed by atoms with Gasteiger partial charge in [0.05, 0.1) is 23.3 Å². The van der Waals surface area contributed by atoms with Gasteiger partial charge >= 0.3 is 5.97 Å². The number of rotatable bonds is 6. The second-order valence-corrected chi connectivity index (χ2v) is 5.86. The van der Waals surface area contributed by atoms with Crippen LogP contribution in [0, 0.1) is 11.3 Å². The van der Waals surface area contributed by atoms with E-state index in [0.717, 1.165) is 25.0 Å². The summed E-state index contributed by atoms with van der Waals surface area (Å²) in [5.74, 6) is 0.314. The molecule has 0 radical (unpaired) electrons. The van der Waals surface area contributed by atoms with Crippen molar-refractivity contribution >= 4 is 5.97 Å². The fourth-order valence-corrected chi connectivity index (χ4v) is 2.56. The topological polar surface area (TPSA) is 68.5 Å². The van der Waals surface area contributed by atoms with Crippen molar-refractivity contribution in [2.45, 2.75) is 25.6 Å². The molecule has 0 aromatic heterocycles. The Morgan fingerprint density at radius 1 is 1.16 bits per heavy atom. The monoisotopic (exact) mass is 337 g/mol. The fourth-order valence-electron chi connectivity index (χ4n) is 2.56. The van der Waals surface area contributed by atoms with Crippen LogP contribution < -0.4 is 4.74 Å². The molecule has 2 aromatic rings. The first kappa shape index (κ1) is 17.0. The molecule has 1 heterocycles. The number of nitriles is 1. The zero-order chi connectivity index (χ0) is 17.5. The number of hydrogen-bond donors (Lipinski definition) is 0. The largest absolute Gasteiger partial charge is 0.491 e. The van der Waals surface area contributed by atoms with Crippen molar-refractivity contribution in [2.24, 2.45) is 0 Å². The van der Waals surface area contributed by atoms with Crippen molar-refractivity contribution in [2.75, 3.05) is 13.2 Å². The summed E-state index contributed by atoms with van der Waals surface area (Å²) < 4.78 is 16.5. The maximum absolute atomic E-state index is 12.1. The lowest BCUT2D eigenvalue weighted by Crippen LogP contribution is -2.16. The number of carbonyl (C=O) groups excluding carboxylic acids is 1. The smallest absolute Gasteiger partial charge is 0.338 e. The lowest BCUT2D eigenvalue weighted by atomic mass is 10.1. The van der Waals surface area contributed by atoms with Gasteiger partial charge in [-0.1, -0.05) is 12.1 Å². The number of esters is 1. The summed E-state index contributed by atoms with van der Waals surface area (Å²) in [6.45, 7) is 1.50. The Morgan fingerprint density at radius 3 is 2.56 bits per heavy atom. The highest BCUT2D eigenvalue weighted by atomic mass is 16.5. The molecular weight excluding hydrogens is 318 g/mol. The highest BCUT2D eigenvalue weighted by molar-refractivity contribution is 5.89. The molecule has 1 atom stereocenters. The van der Waals surface area contributed by atoms with Crippen LogP contribution >= 0.6 is 0 Å². The molecule has 3 rings (SSSR count). The van der Waals surface area contributed by atoms with Gasteiger partial charge in [0.15, 0.2) is 0 Å². The average Bonchev–Trinajstić information content (AvgIpc) is 3.19. The number of benzene rings is 2. The molecule has 0 saturated carbocycles. The average molecular weight is 337 g/mol. The first-order chi connectivity index (χ1) is 12.2. The number of carbonyl (C=O) groups is 1. The molecule has 5 heteroatoms. The van der Waals surface area contributed by atoms with Gasteiger partial charge in [-0.3, -0.25) is 0 Å². The Bertz CT molecular complexity index is 741. The minimum absolute atomic E-state index is 0.164. The highest BCUT2D eigenvalue weighted by Crippen LogP contribution is 2.17. The summed E-state index contributed by atoms with van der Waals surface area (Å²) in [5.41, 5.74) is 1.88. The van der Waals surface area contributed by atoms with Crippen molar-refractivity contribution in [3.05, 3.63) is 65.2 Å². The molecule has 0 aliphatic carbocycles. The van der Waals surface area contributed by atoms with Gasteiger partial charge in [0, 0.05) is 6.61 Å². The van der Waals surface area contributed by atoms with Crippen molar-refractivity contribution in [3.63, 3.8) is 0 Å². The molecule has 1 aliphatic heterocycles. The zero-order valence-electron chi connectivity index (χ0n) is 13.8. The maximum atomic E-state index is 12.1. The minimum atomic E-state index is -0.393. The van der Waals surface area contributed by atoms with Gasteiger partial charge in [-0.15, -0.1) is 0 Å². The normalized spacial score (nSPS) is 16.2. The molecular formula is C20H19NO4. The van der Waals surface area contributed by atoms with E-state index in [-0.39, 0.29) is 12.7 Å². The minimum Gasteiger partial charge on any atom is -0.491 e. The molecule has 0 unspecified atom stereocenters. The molecule has 0 N–H and O–H groups in total. The van der Waals surface area contributed by atoms with Gasteiger partial charge < -0.3 is 14.2 Å². The third-order valence-electron chi connectivity index (χ3n) is 4.00. The van der Waals surface area contributed by atoms with E-state index in [4.69, 9.17) is 19.5 Å². The lowest BCUT2D eigenvalue weighted by molar-refractivity contribution is 0.0472. The number of hydrogen-bond acceptors (Lipinski definition) is 5. The van der Waals surface area contributed by atoms with Gasteiger partial charge in [0.1, 0.15) is 19.0 Å². The van der Waals surface area contributed by atoms with Crippen LogP contribution in [-0.2, 0) is 16.1 Å². The number of nitrogens with zero attached hydrogens (tertiary/aromatic N) is 1. The van der Waals surface area contributed by atoms with Crippen molar-refractivity contribution in [3.8, 4) is 11.8 Å². The summed E-state index contributed by atoms with van der Waals surface area (Å²) in [7, 11) is 0. The van der Waals surface area contributed by atoms with Crippen LogP contribution in [0.15, 0.2) is 48.5 Å². The van der Waals surface area contributed by atoms with Gasteiger partial charge in [0.2, 0.25) is 0 Å². The second kappa shape index (κ2) is 8.32. The van der Waals surface area contributed by atoms with Crippen LogP contribution in [0.5, 0.6) is 5.75 Å². The molecule has 0 bridgehead atoms. The van der Waals surface area contributed by atoms with E-state index >= 15 is 0 Å². The van der Waals surface area contributed by atoms with Gasteiger partial charge in [-0.2, -0.15) is 5.26 Å². The van der Waals surface area contributed by atoms with Gasteiger partial charge in [-0.25, -0.2) is 4.79 Å². The van der Waals surface area contributed by atoms with Crippen molar-refractivity contribution < 1.29 is 19.0 Å². The standard InChI is InChI=1S/C20H19NO4/c21-12-15-3-5-16(6-4-15)13-25-20(22)17-7-9-18(10-8-17)24-14-19-2-1-11-23-19/h3-10,19H,1-2,11,13-14H2/t19-/m1/s1. The third kappa shape index (κ3) is 4.82. The van der Waals surface area contributed by atoms with Crippen LogP contribution in [0.1, 0.15) is 34.3 Å². The predicted octanol–water partition coefficient (Wildman–Crippen LogP) is 3.47. The molecule has 1 aliphatic rings. The lowest BCUT2D eigenvalue weighted by Gasteiger charge is -2.11. The Balaban J connectivity index is 1.48. The molecule has 5 nitrogen and oxygen atoms in total. The molecule has 0 amide bonds. The SMILES string of the molecule is N#Cc1ccc(COC(=O)c2ccc(OC[C@H]3CCCO3)cc2)cc1. The molecule has 2 aromatic carbocycles. The number of ether oxygens (including phenoxy) is 3. The molecule has 128 valence electrons. The van der Waals surface area contributed by atoms with Crippen LogP contribution in [0.2, 0.25) is 0 Å². The van der Waals surface area contributed by atoms with Crippen LogP contribution in [-0.4, -0.2) is 25.3 Å². The fraction of sp³-hybridized carbons (Fsp3) is 0.300. The van der Waals surface area contributed by atoms with Crippen molar-refractivity contribution in [1.82, 2.24) is 0 Å². The van der Waals surface area contributed by atoms with Crippen LogP contribution in [0.3, 0.4) is 0 Å². The molecule has 1 fully saturated rings. The summed E-state index contributed by atoms with van der Waals surface area (Å²) in [5, 5.41) is 8.76. The molecule has 0 spiro atoms. The highest BCUT2D eigenvalue weighted by Gasteiger charge is 2.16. The van der Waals surface area contributed by atoms with Gasteiger partial charge in [0.25, 0.3) is 0 Å². The quantitative estimate of drug-likeness (QED) is 0.755. The Hall–Kier alpha value is -2.84. The molecule has 1 saturated heterocycles. The van der Waals surface area contributed by atoms with E-state index < -0.39 is 5.97 Å². The van der Waals surface area contributed by atoms with Crippen molar-refractivity contribution in [1.29, 1.82) is 5.26 Å². The maximum Gasteiger partial charge on any atom is 0.338 e. The van der Waals surface area contributed by atoms with E-state index in [1.54, 1.807) is 48.5 Å². The second-order valence-electron chi connectivity index (χ2n) is 5.86. The van der Waals surface area contributed by atoms with E-state index in [9.17, 15) is 4.79 Å². The Morgan fingerprint density at radius 2 is 1.92 bits per heavy atom. The summed E-state index contributed by atoms with van der Waals surface area (Å²) in [4.78, 5) is 12.1. The third-order valence-corrected chi connectivity index (χ3v) is 4.00. The summed E-state index contributed by atoms with van der Waals surface area (Å²) in [6.07, 6.45) is 2.27. The summed E-state index contributed by atoms with van der Waals surface area (Å²) in [6, 6.07) is 15.9. The Labute approximate surface area is 146 Å². The first-order valence-corrected chi connectivity index (χ1v) is 8.25. The Kier molecular flexibility index (Phi) is 5.65. The van der Waals surface area contributed by atoms with Crippen LogP contribution in [0.25, 0.3) is 0 Å². The zero-order valence-corrected chi connectivity index (χ0v) is 13.8.